The number of aromatic amines is 1. The minimum atomic E-state index is -0.629. The van der Waals surface area contributed by atoms with Crippen LogP contribution in [0.2, 0.25) is 0 Å². The number of nitrogens with zero attached hydrogens (tertiary/aromatic N) is 2. The van der Waals surface area contributed by atoms with Crippen molar-refractivity contribution in [3.05, 3.63) is 40.4 Å². The number of carbonyl (C=O) groups excluding carboxylic acids is 1. The Morgan fingerprint density at radius 3 is 2.86 bits per heavy atom. The SMILES string of the molecule is CC[C@H](C)[C@H]1C(=O)Nc2ccccc2CN1c1noc(=O)[nH]1. The number of rotatable bonds is 3. The van der Waals surface area contributed by atoms with E-state index in [-0.39, 0.29) is 17.8 Å². The average molecular weight is 302 g/mol. The number of benzene rings is 1. The highest BCUT2D eigenvalue weighted by Crippen LogP contribution is 2.29. The van der Waals surface area contributed by atoms with Crippen molar-refractivity contribution in [2.24, 2.45) is 5.92 Å². The lowest BCUT2D eigenvalue weighted by Crippen LogP contribution is -2.46. The molecule has 2 heterocycles. The van der Waals surface area contributed by atoms with Gasteiger partial charge < -0.3 is 10.2 Å². The quantitative estimate of drug-likeness (QED) is 0.901. The van der Waals surface area contributed by atoms with Crippen molar-refractivity contribution < 1.29 is 9.32 Å². The van der Waals surface area contributed by atoms with Gasteiger partial charge in [-0.3, -0.25) is 14.3 Å². The van der Waals surface area contributed by atoms with Crippen LogP contribution in [0, 0.1) is 5.92 Å². The maximum absolute atomic E-state index is 12.7. The minimum absolute atomic E-state index is 0.0921. The maximum atomic E-state index is 12.7. The normalized spacial score (nSPS) is 19.3. The van der Waals surface area contributed by atoms with Gasteiger partial charge in [0.25, 0.3) is 0 Å². The molecule has 1 aromatic heterocycles. The predicted octanol–water partition coefficient (Wildman–Crippen LogP) is 1.74. The van der Waals surface area contributed by atoms with Gasteiger partial charge >= 0.3 is 5.76 Å². The molecule has 1 aliphatic heterocycles. The second kappa shape index (κ2) is 5.67. The smallest absolute Gasteiger partial charge is 0.324 e. The van der Waals surface area contributed by atoms with Gasteiger partial charge in [-0.15, -0.1) is 0 Å². The molecule has 0 saturated carbocycles. The molecule has 1 amide bonds. The third-order valence-electron chi connectivity index (χ3n) is 4.10. The fraction of sp³-hybridized carbons (Fsp3) is 0.400. The molecule has 0 spiro atoms. The summed E-state index contributed by atoms with van der Waals surface area (Å²) in [4.78, 5) is 28.3. The number of H-pyrrole nitrogens is 1. The summed E-state index contributed by atoms with van der Waals surface area (Å²) >= 11 is 0. The van der Waals surface area contributed by atoms with E-state index in [1.807, 2.05) is 38.1 Å². The van der Waals surface area contributed by atoms with Crippen LogP contribution in [0.1, 0.15) is 25.8 Å². The van der Waals surface area contributed by atoms with E-state index >= 15 is 0 Å². The number of hydrogen-bond acceptors (Lipinski definition) is 5. The largest absolute Gasteiger partial charge is 0.440 e. The summed E-state index contributed by atoms with van der Waals surface area (Å²) in [5.41, 5.74) is 1.75. The second-order valence-electron chi connectivity index (χ2n) is 5.52. The Labute approximate surface area is 127 Å². The molecule has 0 fully saturated rings. The molecule has 1 aliphatic rings. The van der Waals surface area contributed by atoms with Crippen molar-refractivity contribution in [3.63, 3.8) is 0 Å². The summed E-state index contributed by atoms with van der Waals surface area (Å²) < 4.78 is 4.61. The third-order valence-corrected chi connectivity index (χ3v) is 4.10. The Morgan fingerprint density at radius 2 is 2.18 bits per heavy atom. The molecule has 3 rings (SSSR count). The molecule has 0 unspecified atom stereocenters. The van der Waals surface area contributed by atoms with Crippen LogP contribution in [0.15, 0.2) is 33.6 Å². The van der Waals surface area contributed by atoms with Crippen LogP contribution in [0.5, 0.6) is 0 Å². The highest BCUT2D eigenvalue weighted by molar-refractivity contribution is 5.98. The van der Waals surface area contributed by atoms with E-state index in [2.05, 4.69) is 20.0 Å². The van der Waals surface area contributed by atoms with Crippen LogP contribution < -0.4 is 16.0 Å². The summed E-state index contributed by atoms with van der Waals surface area (Å²) in [6.07, 6.45) is 0.826. The van der Waals surface area contributed by atoms with Crippen LogP contribution in [0.4, 0.5) is 11.6 Å². The first-order valence-corrected chi connectivity index (χ1v) is 7.31. The van der Waals surface area contributed by atoms with E-state index in [4.69, 9.17) is 0 Å². The zero-order valence-electron chi connectivity index (χ0n) is 12.5. The molecule has 116 valence electrons. The number of aromatic nitrogens is 2. The number of carbonyl (C=O) groups is 1. The monoisotopic (exact) mass is 302 g/mol. The minimum Gasteiger partial charge on any atom is -0.324 e. The third kappa shape index (κ3) is 2.49. The maximum Gasteiger partial charge on any atom is 0.440 e. The fourth-order valence-electron chi connectivity index (χ4n) is 2.75. The van der Waals surface area contributed by atoms with E-state index in [1.165, 1.54) is 0 Å². The van der Waals surface area contributed by atoms with Crippen molar-refractivity contribution in [3.8, 4) is 0 Å². The van der Waals surface area contributed by atoms with Crippen molar-refractivity contribution in [2.75, 3.05) is 10.2 Å². The van der Waals surface area contributed by atoms with E-state index in [9.17, 15) is 9.59 Å². The van der Waals surface area contributed by atoms with Gasteiger partial charge in [-0.2, -0.15) is 0 Å². The highest BCUT2D eigenvalue weighted by Gasteiger charge is 2.35. The van der Waals surface area contributed by atoms with Crippen LogP contribution in [0.25, 0.3) is 0 Å². The Balaban J connectivity index is 2.08. The van der Waals surface area contributed by atoms with Gasteiger partial charge in [0.15, 0.2) is 0 Å². The van der Waals surface area contributed by atoms with E-state index in [0.29, 0.717) is 6.54 Å². The molecule has 0 saturated heterocycles. The van der Waals surface area contributed by atoms with E-state index < -0.39 is 11.8 Å². The van der Waals surface area contributed by atoms with Crippen LogP contribution in [-0.4, -0.2) is 22.1 Å². The Morgan fingerprint density at radius 1 is 1.41 bits per heavy atom. The molecule has 2 atom stereocenters. The van der Waals surface area contributed by atoms with Gasteiger partial charge in [-0.05, 0) is 22.7 Å². The summed E-state index contributed by atoms with van der Waals surface area (Å²) in [5, 5.41) is 6.72. The zero-order valence-corrected chi connectivity index (χ0v) is 12.5. The summed E-state index contributed by atoms with van der Waals surface area (Å²) in [6.45, 7) is 4.50. The molecule has 0 aliphatic carbocycles. The standard InChI is InChI=1S/C15H18N4O3/c1-3-9(2)12-13(20)16-11-7-5-4-6-10(11)8-19(12)14-17-15(21)22-18-14/h4-7,9,12H,3,8H2,1-2H3,(H,16,20)(H,17,18,21)/t9-,12-/m0/s1. The predicted molar refractivity (Wildman–Crippen MR) is 81.6 cm³/mol. The lowest BCUT2D eigenvalue weighted by atomic mass is 9.97. The van der Waals surface area contributed by atoms with Gasteiger partial charge in [-0.1, -0.05) is 38.5 Å². The van der Waals surface area contributed by atoms with Crippen molar-refractivity contribution in [1.29, 1.82) is 0 Å². The number of nitrogens with one attached hydrogen (secondary N) is 2. The Bertz CT molecular complexity index is 736. The van der Waals surface area contributed by atoms with Crippen LogP contribution >= 0.6 is 0 Å². The van der Waals surface area contributed by atoms with Crippen LogP contribution in [0.3, 0.4) is 0 Å². The molecule has 22 heavy (non-hydrogen) atoms. The van der Waals surface area contributed by atoms with E-state index in [0.717, 1.165) is 17.7 Å². The first-order chi connectivity index (χ1) is 10.6. The summed E-state index contributed by atoms with van der Waals surface area (Å²) in [6, 6.07) is 7.18. The van der Waals surface area contributed by atoms with E-state index in [1.54, 1.807) is 4.90 Å². The molecular formula is C15H18N4O3. The average Bonchev–Trinajstić information content (AvgIpc) is 2.87. The lowest BCUT2D eigenvalue weighted by molar-refractivity contribution is -0.118. The van der Waals surface area contributed by atoms with Crippen molar-refractivity contribution >= 4 is 17.5 Å². The first kappa shape index (κ1) is 14.4. The lowest BCUT2D eigenvalue weighted by Gasteiger charge is -2.31. The molecule has 7 nitrogen and oxygen atoms in total. The Hall–Kier alpha value is -2.57. The van der Waals surface area contributed by atoms with Gasteiger partial charge in [0.2, 0.25) is 11.9 Å². The molecule has 2 N–H and O–H groups in total. The van der Waals surface area contributed by atoms with Gasteiger partial charge in [-0.25, -0.2) is 4.79 Å². The number of para-hydroxylation sites is 1. The number of anilines is 2. The molecule has 0 bridgehead atoms. The fourth-order valence-corrected chi connectivity index (χ4v) is 2.75. The molecule has 0 radical (unpaired) electrons. The molecule has 1 aromatic carbocycles. The number of hydrogen-bond donors (Lipinski definition) is 2. The molecular weight excluding hydrogens is 284 g/mol. The summed E-state index contributed by atoms with van der Waals surface area (Å²) in [5.74, 6) is -0.365. The van der Waals surface area contributed by atoms with Crippen molar-refractivity contribution in [1.82, 2.24) is 10.1 Å². The van der Waals surface area contributed by atoms with Gasteiger partial charge in [0.05, 0.1) is 0 Å². The topological polar surface area (TPSA) is 91.2 Å². The highest BCUT2D eigenvalue weighted by atomic mass is 16.5. The first-order valence-electron chi connectivity index (χ1n) is 7.31. The Kier molecular flexibility index (Phi) is 3.70. The second-order valence-corrected chi connectivity index (χ2v) is 5.52. The zero-order chi connectivity index (χ0) is 15.7. The number of amides is 1. The van der Waals surface area contributed by atoms with Gasteiger partial charge in [0, 0.05) is 12.2 Å². The molecule has 7 heteroatoms. The molecule has 2 aromatic rings. The van der Waals surface area contributed by atoms with Crippen molar-refractivity contribution in [2.45, 2.75) is 32.9 Å². The number of fused-ring (bicyclic) bond motifs is 1. The van der Waals surface area contributed by atoms with Crippen LogP contribution in [-0.2, 0) is 11.3 Å². The summed E-state index contributed by atoms with van der Waals surface area (Å²) in [7, 11) is 0. The van der Waals surface area contributed by atoms with Gasteiger partial charge in [0.1, 0.15) is 6.04 Å².